The summed E-state index contributed by atoms with van der Waals surface area (Å²) >= 11 is 0. The van der Waals surface area contributed by atoms with Crippen molar-refractivity contribution in [1.82, 2.24) is 10.3 Å². The Labute approximate surface area is 280 Å². The number of benzene rings is 2. The molecule has 3 aliphatic rings. The van der Waals surface area contributed by atoms with Crippen LogP contribution in [-0.2, 0) is 0 Å². The Bertz CT molecular complexity index is 1320. The van der Waals surface area contributed by atoms with Crippen LogP contribution < -0.4 is 14.8 Å². The van der Waals surface area contributed by atoms with Gasteiger partial charge in [0.25, 0.3) is 0 Å². The first kappa shape index (κ1) is 34.5. The summed E-state index contributed by atoms with van der Waals surface area (Å²) in [5.74, 6) is 4.38. The smallest absolute Gasteiger partial charge is 0.120 e. The second-order valence-electron chi connectivity index (χ2n) is 16.3. The Morgan fingerprint density at radius 3 is 1.72 bits per heavy atom. The molecule has 2 heterocycles. The van der Waals surface area contributed by atoms with E-state index in [1.165, 1.54) is 81.9 Å². The normalized spacial score (nSPS) is 25.6. The standard InChI is InChI=1S/C21H33NO.C21H27NO/c2*1-21(2,3)18-9-11-19(12-10-18)23-20-8-4-6-16(14-20)17-7-5-13-22-15-17/h4,6,8,14,17-19,22H,5,7,9-13,15H2,1-3H3;4-8,13-15,18-19H,9-12H2,1-3H3. The summed E-state index contributed by atoms with van der Waals surface area (Å²) < 4.78 is 12.6. The third kappa shape index (κ3) is 10.1. The molecule has 46 heavy (non-hydrogen) atoms. The van der Waals surface area contributed by atoms with Crippen LogP contribution in [0.25, 0.3) is 11.1 Å². The van der Waals surface area contributed by atoms with Crippen LogP contribution in [0.5, 0.6) is 11.5 Å². The maximum atomic E-state index is 6.33. The molecule has 1 N–H and O–H groups in total. The summed E-state index contributed by atoms with van der Waals surface area (Å²) in [5, 5.41) is 3.51. The van der Waals surface area contributed by atoms with Crippen LogP contribution in [-0.4, -0.2) is 30.3 Å². The van der Waals surface area contributed by atoms with E-state index in [0.717, 1.165) is 35.4 Å². The zero-order chi connectivity index (χ0) is 32.6. The van der Waals surface area contributed by atoms with E-state index < -0.39 is 0 Å². The Morgan fingerprint density at radius 2 is 1.20 bits per heavy atom. The van der Waals surface area contributed by atoms with Crippen LogP contribution in [0.2, 0.25) is 0 Å². The average Bonchev–Trinajstić information content (AvgIpc) is 3.06. The Hall–Kier alpha value is -2.85. The molecule has 0 spiro atoms. The summed E-state index contributed by atoms with van der Waals surface area (Å²) in [7, 11) is 0. The van der Waals surface area contributed by atoms with E-state index in [1.807, 2.05) is 12.3 Å². The second kappa shape index (κ2) is 15.8. The first-order valence-electron chi connectivity index (χ1n) is 18.2. The van der Waals surface area contributed by atoms with Gasteiger partial charge in [-0.2, -0.15) is 0 Å². The van der Waals surface area contributed by atoms with Gasteiger partial charge in [0.05, 0.1) is 12.2 Å². The third-order valence-corrected chi connectivity index (χ3v) is 10.9. The van der Waals surface area contributed by atoms with Crippen molar-refractivity contribution < 1.29 is 9.47 Å². The highest BCUT2D eigenvalue weighted by molar-refractivity contribution is 5.63. The quantitative estimate of drug-likeness (QED) is 0.296. The van der Waals surface area contributed by atoms with Gasteiger partial charge in [0, 0.05) is 24.5 Å². The predicted octanol–water partition coefficient (Wildman–Crippen LogP) is 10.9. The summed E-state index contributed by atoms with van der Waals surface area (Å²) in [6.07, 6.45) is 17.0. The van der Waals surface area contributed by atoms with Gasteiger partial charge in [0.15, 0.2) is 0 Å². The van der Waals surface area contributed by atoms with Crippen molar-refractivity contribution in [1.29, 1.82) is 0 Å². The van der Waals surface area contributed by atoms with E-state index >= 15 is 0 Å². The van der Waals surface area contributed by atoms with Gasteiger partial charge in [-0.15, -0.1) is 0 Å². The summed E-state index contributed by atoms with van der Waals surface area (Å²) in [5.41, 5.74) is 4.61. The topological polar surface area (TPSA) is 43.4 Å². The van der Waals surface area contributed by atoms with Crippen LogP contribution >= 0.6 is 0 Å². The van der Waals surface area contributed by atoms with E-state index in [0.29, 0.717) is 29.0 Å². The Kier molecular flexibility index (Phi) is 11.9. The van der Waals surface area contributed by atoms with Gasteiger partial charge in [-0.3, -0.25) is 4.98 Å². The van der Waals surface area contributed by atoms with Crippen molar-refractivity contribution in [3.8, 4) is 22.6 Å². The van der Waals surface area contributed by atoms with Gasteiger partial charge in [-0.25, -0.2) is 0 Å². The maximum Gasteiger partial charge on any atom is 0.120 e. The van der Waals surface area contributed by atoms with Gasteiger partial charge >= 0.3 is 0 Å². The van der Waals surface area contributed by atoms with Gasteiger partial charge in [0.2, 0.25) is 0 Å². The molecule has 2 saturated carbocycles. The molecule has 0 radical (unpaired) electrons. The van der Waals surface area contributed by atoms with Crippen LogP contribution in [0.15, 0.2) is 73.1 Å². The van der Waals surface area contributed by atoms with Gasteiger partial charge < -0.3 is 14.8 Å². The molecule has 1 atom stereocenters. The predicted molar refractivity (Wildman–Crippen MR) is 193 cm³/mol. The number of hydrogen-bond acceptors (Lipinski definition) is 4. The number of ether oxygens (including phenoxy) is 2. The monoisotopic (exact) mass is 624 g/mol. The van der Waals surface area contributed by atoms with E-state index in [9.17, 15) is 0 Å². The number of hydrogen-bond donors (Lipinski definition) is 1. The minimum absolute atomic E-state index is 0.359. The maximum absolute atomic E-state index is 6.33. The lowest BCUT2D eigenvalue weighted by Crippen LogP contribution is -2.30. The van der Waals surface area contributed by atoms with Crippen molar-refractivity contribution >= 4 is 0 Å². The van der Waals surface area contributed by atoms with Crippen molar-refractivity contribution in [2.75, 3.05) is 13.1 Å². The van der Waals surface area contributed by atoms with Crippen molar-refractivity contribution in [2.24, 2.45) is 22.7 Å². The van der Waals surface area contributed by atoms with Crippen molar-refractivity contribution in [3.63, 3.8) is 0 Å². The molecule has 250 valence electrons. The molecular weight excluding hydrogens is 564 g/mol. The zero-order valence-corrected chi connectivity index (χ0v) is 29.6. The van der Waals surface area contributed by atoms with Crippen LogP contribution in [0.4, 0.5) is 0 Å². The number of piperidine rings is 1. The molecule has 4 heteroatoms. The minimum Gasteiger partial charge on any atom is -0.490 e. The molecular formula is C42H60N2O2. The highest BCUT2D eigenvalue weighted by Gasteiger charge is 2.31. The van der Waals surface area contributed by atoms with Crippen LogP contribution in [0.1, 0.15) is 117 Å². The lowest BCUT2D eigenvalue weighted by molar-refractivity contribution is 0.0879. The lowest BCUT2D eigenvalue weighted by atomic mass is 9.72. The molecule has 4 nitrogen and oxygen atoms in total. The number of nitrogens with zero attached hydrogens (tertiary/aromatic N) is 1. The number of nitrogens with one attached hydrogen (secondary N) is 1. The SMILES string of the molecule is CC(C)(C)C1CCC(Oc2cccc(-c3cccnc3)c2)CC1.CC(C)(C)C1CCC(Oc2cccc(C3CCCNC3)c2)CC1. The fraction of sp³-hybridized carbons (Fsp3) is 0.595. The van der Waals surface area contributed by atoms with E-state index in [-0.39, 0.29) is 0 Å². The molecule has 0 amide bonds. The molecule has 1 unspecified atom stereocenters. The molecule has 2 aromatic carbocycles. The van der Waals surface area contributed by atoms with Gasteiger partial charge in [0.1, 0.15) is 11.5 Å². The Morgan fingerprint density at radius 1 is 0.630 bits per heavy atom. The van der Waals surface area contributed by atoms with Crippen LogP contribution in [0, 0.1) is 22.7 Å². The fourth-order valence-electron chi connectivity index (χ4n) is 7.74. The van der Waals surface area contributed by atoms with E-state index in [2.05, 4.69) is 106 Å². The summed E-state index contributed by atoms with van der Waals surface area (Å²) in [6, 6.07) is 21.3. The molecule has 1 aromatic heterocycles. The molecule has 1 aliphatic heterocycles. The number of pyridine rings is 1. The summed E-state index contributed by atoms with van der Waals surface area (Å²) in [4.78, 5) is 4.20. The molecule has 3 aromatic rings. The molecule has 1 saturated heterocycles. The Balaban J connectivity index is 0.000000181. The first-order chi connectivity index (χ1) is 22.0. The van der Waals surface area contributed by atoms with E-state index in [4.69, 9.17) is 9.47 Å². The largest absolute Gasteiger partial charge is 0.490 e. The van der Waals surface area contributed by atoms with Gasteiger partial charge in [-0.1, -0.05) is 71.9 Å². The fourth-order valence-corrected chi connectivity index (χ4v) is 7.74. The lowest BCUT2D eigenvalue weighted by Gasteiger charge is -2.37. The highest BCUT2D eigenvalue weighted by atomic mass is 16.5. The van der Waals surface area contributed by atoms with Gasteiger partial charge in [-0.05, 0) is 141 Å². The molecule has 3 fully saturated rings. The van der Waals surface area contributed by atoms with Crippen molar-refractivity contribution in [2.45, 2.75) is 124 Å². The third-order valence-electron chi connectivity index (χ3n) is 10.9. The molecule has 6 rings (SSSR count). The first-order valence-corrected chi connectivity index (χ1v) is 18.2. The average molecular weight is 625 g/mol. The van der Waals surface area contributed by atoms with Crippen molar-refractivity contribution in [3.05, 3.63) is 78.6 Å². The second-order valence-corrected chi connectivity index (χ2v) is 16.3. The summed E-state index contributed by atoms with van der Waals surface area (Å²) in [6.45, 7) is 16.5. The van der Waals surface area contributed by atoms with Crippen LogP contribution in [0.3, 0.4) is 0 Å². The number of rotatable bonds is 6. The highest BCUT2D eigenvalue weighted by Crippen LogP contribution is 2.40. The molecule has 2 aliphatic carbocycles. The number of aromatic nitrogens is 1. The van der Waals surface area contributed by atoms with E-state index in [1.54, 1.807) is 6.20 Å². The minimum atomic E-state index is 0.359. The zero-order valence-electron chi connectivity index (χ0n) is 29.6. The molecule has 0 bridgehead atoms.